The molecule has 0 saturated carbocycles. The Labute approximate surface area is 166 Å². The van der Waals surface area contributed by atoms with Gasteiger partial charge in [-0.25, -0.2) is 0 Å². The second-order valence-corrected chi connectivity index (χ2v) is 8.20. The van der Waals surface area contributed by atoms with Crippen molar-refractivity contribution in [1.82, 2.24) is 20.3 Å². The molecule has 0 radical (unpaired) electrons. The molecule has 3 heterocycles. The Hall–Kier alpha value is -1.93. The number of nitrogens with zero attached hydrogens (tertiary/aromatic N) is 3. The van der Waals surface area contributed by atoms with Crippen molar-refractivity contribution in [3.05, 3.63) is 17.0 Å². The van der Waals surface area contributed by atoms with Gasteiger partial charge in [-0.2, -0.15) is 0 Å². The van der Waals surface area contributed by atoms with Crippen molar-refractivity contribution in [3.8, 4) is 0 Å². The second-order valence-electron chi connectivity index (χ2n) is 8.20. The predicted molar refractivity (Wildman–Crippen MR) is 104 cm³/mol. The topological polar surface area (TPSA) is 98.9 Å². The molecule has 2 saturated heterocycles. The van der Waals surface area contributed by atoms with Gasteiger partial charge in [0.05, 0.1) is 17.2 Å². The fourth-order valence-corrected chi connectivity index (χ4v) is 4.80. The molecule has 2 aliphatic rings. The first-order chi connectivity index (χ1) is 13.4. The number of piperidine rings is 2. The zero-order chi connectivity index (χ0) is 20.3. The standard InChI is InChI=1S/C20H32N4O4/c1-14-16(15(2)28-22-14)6-4-9-21-19(27)20-7-5-10-24(18(26)13-25)17(20)12-23(3)11-8-20/h17,25H,4-13H2,1-3H3,(H,21,27)/t17-,20+/m0/s1. The number of carbonyl (C=O) groups excluding carboxylic acids is 2. The van der Waals surface area contributed by atoms with Crippen molar-refractivity contribution in [2.24, 2.45) is 5.41 Å². The molecule has 1 aromatic rings. The summed E-state index contributed by atoms with van der Waals surface area (Å²) in [6.07, 6.45) is 3.94. The number of aromatic nitrogens is 1. The van der Waals surface area contributed by atoms with E-state index in [1.807, 2.05) is 20.9 Å². The lowest BCUT2D eigenvalue weighted by atomic mass is 9.67. The lowest BCUT2D eigenvalue weighted by Gasteiger charge is -2.53. The first kappa shape index (κ1) is 20.8. The number of aliphatic hydroxyl groups excluding tert-OH is 1. The highest BCUT2D eigenvalue weighted by molar-refractivity contribution is 5.86. The molecule has 0 unspecified atom stereocenters. The van der Waals surface area contributed by atoms with Crippen molar-refractivity contribution < 1.29 is 19.2 Å². The maximum absolute atomic E-state index is 13.3. The number of amides is 2. The van der Waals surface area contributed by atoms with E-state index in [0.717, 1.165) is 55.7 Å². The summed E-state index contributed by atoms with van der Waals surface area (Å²) in [6, 6.07) is -0.179. The van der Waals surface area contributed by atoms with E-state index >= 15 is 0 Å². The molecule has 0 spiro atoms. The first-order valence-electron chi connectivity index (χ1n) is 10.2. The maximum Gasteiger partial charge on any atom is 0.248 e. The number of likely N-dealkylation sites (N-methyl/N-ethyl adjacent to an activating group) is 1. The Balaban J connectivity index is 1.65. The van der Waals surface area contributed by atoms with Crippen LogP contribution in [0.15, 0.2) is 4.52 Å². The molecule has 0 aromatic carbocycles. The zero-order valence-corrected chi connectivity index (χ0v) is 17.2. The molecular weight excluding hydrogens is 360 g/mol. The van der Waals surface area contributed by atoms with Gasteiger partial charge in [0.15, 0.2) is 0 Å². The minimum atomic E-state index is -0.557. The zero-order valence-electron chi connectivity index (χ0n) is 17.2. The predicted octanol–water partition coefficient (Wildman–Crippen LogP) is 0.645. The lowest BCUT2D eigenvalue weighted by molar-refractivity contribution is -0.155. The molecule has 0 bridgehead atoms. The van der Waals surface area contributed by atoms with Crippen LogP contribution in [0, 0.1) is 19.3 Å². The van der Waals surface area contributed by atoms with Crippen LogP contribution >= 0.6 is 0 Å². The summed E-state index contributed by atoms with van der Waals surface area (Å²) in [7, 11) is 2.02. The van der Waals surface area contributed by atoms with Crippen LogP contribution in [0.1, 0.15) is 42.7 Å². The van der Waals surface area contributed by atoms with E-state index in [9.17, 15) is 14.7 Å². The van der Waals surface area contributed by atoms with E-state index in [1.165, 1.54) is 0 Å². The summed E-state index contributed by atoms with van der Waals surface area (Å²) in [4.78, 5) is 29.4. The van der Waals surface area contributed by atoms with Crippen LogP contribution in [0.4, 0.5) is 0 Å². The van der Waals surface area contributed by atoms with Crippen LogP contribution in [0.2, 0.25) is 0 Å². The van der Waals surface area contributed by atoms with Crippen molar-refractivity contribution in [1.29, 1.82) is 0 Å². The number of aliphatic hydroxyl groups is 1. The van der Waals surface area contributed by atoms with Crippen molar-refractivity contribution >= 4 is 11.8 Å². The lowest BCUT2D eigenvalue weighted by Crippen LogP contribution is -2.66. The van der Waals surface area contributed by atoms with Crippen LogP contribution in [0.3, 0.4) is 0 Å². The average Bonchev–Trinajstić information content (AvgIpc) is 3.01. The van der Waals surface area contributed by atoms with Crippen LogP contribution in [0.25, 0.3) is 0 Å². The first-order valence-corrected chi connectivity index (χ1v) is 10.2. The van der Waals surface area contributed by atoms with Crippen LogP contribution in [-0.2, 0) is 16.0 Å². The molecular formula is C20H32N4O4. The van der Waals surface area contributed by atoms with E-state index in [2.05, 4.69) is 15.4 Å². The Morgan fingerprint density at radius 3 is 2.79 bits per heavy atom. The van der Waals surface area contributed by atoms with E-state index in [1.54, 1.807) is 4.90 Å². The minimum Gasteiger partial charge on any atom is -0.387 e. The van der Waals surface area contributed by atoms with Gasteiger partial charge in [-0.1, -0.05) is 5.16 Å². The summed E-state index contributed by atoms with van der Waals surface area (Å²) >= 11 is 0. The fourth-order valence-electron chi connectivity index (χ4n) is 4.80. The van der Waals surface area contributed by atoms with E-state index < -0.39 is 12.0 Å². The third-order valence-electron chi connectivity index (χ3n) is 6.44. The Morgan fingerprint density at radius 1 is 1.32 bits per heavy atom. The summed E-state index contributed by atoms with van der Waals surface area (Å²) in [5.41, 5.74) is 1.46. The molecule has 8 heteroatoms. The summed E-state index contributed by atoms with van der Waals surface area (Å²) in [5.74, 6) is 0.596. The number of nitrogens with one attached hydrogen (secondary N) is 1. The number of aryl methyl sites for hydroxylation is 2. The van der Waals surface area contributed by atoms with E-state index in [0.29, 0.717) is 19.6 Å². The number of rotatable bonds is 6. The van der Waals surface area contributed by atoms with Crippen LogP contribution in [0.5, 0.6) is 0 Å². The minimum absolute atomic E-state index is 0.0415. The van der Waals surface area contributed by atoms with Gasteiger partial charge in [0.2, 0.25) is 11.8 Å². The van der Waals surface area contributed by atoms with Gasteiger partial charge in [-0.15, -0.1) is 0 Å². The van der Waals surface area contributed by atoms with Gasteiger partial charge >= 0.3 is 0 Å². The molecule has 3 rings (SSSR count). The largest absolute Gasteiger partial charge is 0.387 e. The molecule has 2 fully saturated rings. The SMILES string of the molecule is Cc1noc(C)c1CCCNC(=O)[C@@]12CCCN(C(=O)CO)[C@H]1CN(C)CC2. The maximum atomic E-state index is 13.3. The number of hydrogen-bond acceptors (Lipinski definition) is 6. The van der Waals surface area contributed by atoms with Gasteiger partial charge in [0.1, 0.15) is 12.4 Å². The van der Waals surface area contributed by atoms with Crippen LogP contribution < -0.4 is 5.32 Å². The van der Waals surface area contributed by atoms with Crippen molar-refractivity contribution in [3.63, 3.8) is 0 Å². The quantitative estimate of drug-likeness (QED) is 0.690. The molecule has 2 atom stereocenters. The van der Waals surface area contributed by atoms with Gasteiger partial charge in [-0.05, 0) is 59.5 Å². The number of carbonyl (C=O) groups is 2. The van der Waals surface area contributed by atoms with Gasteiger partial charge in [0.25, 0.3) is 0 Å². The highest BCUT2D eigenvalue weighted by atomic mass is 16.5. The van der Waals surface area contributed by atoms with Crippen LogP contribution in [-0.4, -0.2) is 77.8 Å². The molecule has 1 aromatic heterocycles. The normalized spacial score (nSPS) is 25.4. The number of likely N-dealkylation sites (tertiary alicyclic amines) is 2. The highest BCUT2D eigenvalue weighted by Gasteiger charge is 2.53. The van der Waals surface area contributed by atoms with Crippen molar-refractivity contribution in [2.75, 3.05) is 39.8 Å². The molecule has 8 nitrogen and oxygen atoms in total. The molecule has 2 amide bonds. The third-order valence-corrected chi connectivity index (χ3v) is 6.44. The van der Waals surface area contributed by atoms with Gasteiger partial charge < -0.3 is 24.7 Å². The second kappa shape index (κ2) is 8.61. The highest BCUT2D eigenvalue weighted by Crippen LogP contribution is 2.42. The Bertz CT molecular complexity index is 700. The Morgan fingerprint density at radius 2 is 2.11 bits per heavy atom. The third kappa shape index (κ3) is 3.93. The molecule has 156 valence electrons. The Kier molecular flexibility index (Phi) is 6.40. The number of hydrogen-bond donors (Lipinski definition) is 2. The molecule has 2 aliphatic heterocycles. The average molecular weight is 393 g/mol. The molecule has 2 N–H and O–H groups in total. The smallest absolute Gasteiger partial charge is 0.248 e. The monoisotopic (exact) mass is 392 g/mol. The van der Waals surface area contributed by atoms with E-state index in [4.69, 9.17) is 4.52 Å². The van der Waals surface area contributed by atoms with Gasteiger partial charge in [0, 0.05) is 25.2 Å². The summed E-state index contributed by atoms with van der Waals surface area (Å²) in [5, 5.41) is 16.5. The summed E-state index contributed by atoms with van der Waals surface area (Å²) < 4.78 is 5.19. The molecule has 0 aliphatic carbocycles. The number of fused-ring (bicyclic) bond motifs is 1. The molecule has 28 heavy (non-hydrogen) atoms. The fraction of sp³-hybridized carbons (Fsp3) is 0.750. The van der Waals surface area contributed by atoms with Crippen molar-refractivity contribution in [2.45, 2.75) is 52.0 Å². The van der Waals surface area contributed by atoms with E-state index in [-0.39, 0.29) is 17.9 Å². The summed E-state index contributed by atoms with van der Waals surface area (Å²) in [6.45, 7) is 6.03. The van der Waals surface area contributed by atoms with Gasteiger partial charge in [-0.3, -0.25) is 9.59 Å².